The van der Waals surface area contributed by atoms with Crippen molar-refractivity contribution in [1.29, 1.82) is 0 Å². The van der Waals surface area contributed by atoms with Crippen LogP contribution in [0.4, 0.5) is 0 Å². The normalized spacial score (nSPS) is 16.0. The molecule has 8 nitrogen and oxygen atoms in total. The van der Waals surface area contributed by atoms with Crippen LogP contribution in [0.1, 0.15) is 32.3 Å². The van der Waals surface area contributed by atoms with E-state index in [4.69, 9.17) is 26.8 Å². The van der Waals surface area contributed by atoms with Crippen molar-refractivity contribution in [3.8, 4) is 11.5 Å². The largest absolute Gasteiger partial charge is 0.493 e. The molecule has 0 radical (unpaired) electrons. The highest BCUT2D eigenvalue weighted by atomic mass is 32.2. The van der Waals surface area contributed by atoms with Crippen LogP contribution in [0.5, 0.6) is 11.5 Å². The second-order valence-corrected chi connectivity index (χ2v) is 7.97. The van der Waals surface area contributed by atoms with Crippen LogP contribution < -0.4 is 14.8 Å². The quantitative estimate of drug-likeness (QED) is 0.412. The molecule has 2 N–H and O–H groups in total. The van der Waals surface area contributed by atoms with E-state index < -0.39 is 17.9 Å². The zero-order valence-corrected chi connectivity index (χ0v) is 18.6. The van der Waals surface area contributed by atoms with E-state index in [0.717, 1.165) is 17.3 Å². The maximum atomic E-state index is 12.7. The van der Waals surface area contributed by atoms with E-state index in [1.54, 1.807) is 32.2 Å². The van der Waals surface area contributed by atoms with Gasteiger partial charge in [0.05, 0.1) is 18.6 Å². The van der Waals surface area contributed by atoms with E-state index in [1.807, 2.05) is 13.0 Å². The molecule has 0 spiro atoms. The lowest BCUT2D eigenvalue weighted by atomic mass is 10.2. The second-order valence-electron chi connectivity index (χ2n) is 6.29. The van der Waals surface area contributed by atoms with Crippen LogP contribution in [0, 0.1) is 0 Å². The molecule has 1 aromatic carbocycles. The highest BCUT2D eigenvalue weighted by Crippen LogP contribution is 2.34. The molecule has 0 bridgehead atoms. The van der Waals surface area contributed by atoms with Crippen LogP contribution in [0.15, 0.2) is 23.1 Å². The molecule has 162 valence electrons. The molecular weight excluding hydrogens is 428 g/mol. The van der Waals surface area contributed by atoms with Gasteiger partial charge in [-0.05, 0) is 37.1 Å². The Kier molecular flexibility index (Phi) is 8.67. The molecule has 0 saturated carbocycles. The fraction of sp³-hybridized carbons (Fsp3) is 0.400. The lowest BCUT2D eigenvalue weighted by Gasteiger charge is -2.16. The molecule has 1 aliphatic heterocycles. The van der Waals surface area contributed by atoms with Gasteiger partial charge in [-0.3, -0.25) is 14.5 Å². The first kappa shape index (κ1) is 23.7. The van der Waals surface area contributed by atoms with Crippen molar-refractivity contribution in [3.63, 3.8) is 0 Å². The lowest BCUT2D eigenvalue weighted by molar-refractivity contribution is -0.142. The SMILES string of the molecule is CCOc1ccc(/C=C2\SC(=S)N(CCC(=O)NC(CC)C(=O)O)C2=O)cc1OC. The number of rotatable bonds is 10. The van der Waals surface area contributed by atoms with Crippen molar-refractivity contribution in [2.24, 2.45) is 0 Å². The van der Waals surface area contributed by atoms with Crippen LogP contribution in [0.3, 0.4) is 0 Å². The Bertz CT molecular complexity index is 871. The van der Waals surface area contributed by atoms with Crippen LogP contribution in [0.25, 0.3) is 6.08 Å². The monoisotopic (exact) mass is 452 g/mol. The third-order valence-corrected chi connectivity index (χ3v) is 5.64. The molecule has 1 unspecified atom stereocenters. The summed E-state index contributed by atoms with van der Waals surface area (Å²) in [6.45, 7) is 4.13. The number of thiocarbonyl (C=S) groups is 1. The number of thioether (sulfide) groups is 1. The molecule has 30 heavy (non-hydrogen) atoms. The van der Waals surface area contributed by atoms with Crippen molar-refractivity contribution in [2.45, 2.75) is 32.7 Å². The predicted octanol–water partition coefficient (Wildman–Crippen LogP) is 2.66. The Morgan fingerprint density at radius 1 is 1.33 bits per heavy atom. The average Bonchev–Trinajstić information content (AvgIpc) is 2.98. The number of methoxy groups -OCH3 is 1. The number of carboxylic acid groups (broad SMARTS) is 1. The molecule has 1 saturated heterocycles. The Morgan fingerprint density at radius 2 is 2.07 bits per heavy atom. The van der Waals surface area contributed by atoms with Crippen molar-refractivity contribution in [1.82, 2.24) is 10.2 Å². The van der Waals surface area contributed by atoms with Crippen LogP contribution in [0.2, 0.25) is 0 Å². The summed E-state index contributed by atoms with van der Waals surface area (Å²) in [6, 6.07) is 4.40. The molecule has 0 aromatic heterocycles. The maximum Gasteiger partial charge on any atom is 0.326 e. The van der Waals surface area contributed by atoms with Crippen molar-refractivity contribution in [3.05, 3.63) is 28.7 Å². The minimum atomic E-state index is -1.09. The number of aliphatic carboxylic acids is 1. The first-order chi connectivity index (χ1) is 14.3. The molecule has 1 aromatic rings. The summed E-state index contributed by atoms with van der Waals surface area (Å²) < 4.78 is 11.2. The van der Waals surface area contributed by atoms with E-state index in [2.05, 4.69) is 5.32 Å². The van der Waals surface area contributed by atoms with Gasteiger partial charge in [0.15, 0.2) is 11.5 Å². The van der Waals surface area contributed by atoms with Crippen LogP contribution in [-0.2, 0) is 14.4 Å². The van der Waals surface area contributed by atoms with Crippen LogP contribution >= 0.6 is 24.0 Å². The number of carbonyl (C=O) groups is 3. The zero-order valence-electron chi connectivity index (χ0n) is 17.0. The number of ether oxygens (including phenoxy) is 2. The van der Waals surface area contributed by atoms with Gasteiger partial charge in [0.2, 0.25) is 5.91 Å². The summed E-state index contributed by atoms with van der Waals surface area (Å²) in [5, 5.41) is 11.4. The Morgan fingerprint density at radius 3 is 2.67 bits per heavy atom. The third kappa shape index (κ3) is 5.96. The molecule has 1 atom stereocenters. The van der Waals surface area contributed by atoms with E-state index in [9.17, 15) is 14.4 Å². The first-order valence-electron chi connectivity index (χ1n) is 9.39. The Labute approximate surface area is 184 Å². The number of nitrogens with one attached hydrogen (secondary N) is 1. The van der Waals surface area contributed by atoms with E-state index >= 15 is 0 Å². The number of amides is 2. The fourth-order valence-corrected chi connectivity index (χ4v) is 4.02. The number of hydrogen-bond donors (Lipinski definition) is 2. The number of nitrogens with zero attached hydrogens (tertiary/aromatic N) is 1. The molecule has 1 heterocycles. The molecule has 0 aliphatic carbocycles. The minimum absolute atomic E-state index is 0.0413. The summed E-state index contributed by atoms with van der Waals surface area (Å²) in [5.74, 6) is -0.663. The van der Waals surface area contributed by atoms with E-state index in [-0.39, 0.29) is 25.3 Å². The molecule has 1 aliphatic rings. The first-order valence-corrected chi connectivity index (χ1v) is 10.6. The molecule has 10 heteroatoms. The molecule has 2 rings (SSSR count). The average molecular weight is 453 g/mol. The van der Waals surface area contributed by atoms with Crippen molar-refractivity contribution < 1.29 is 29.0 Å². The lowest BCUT2D eigenvalue weighted by Crippen LogP contribution is -2.42. The van der Waals surface area contributed by atoms with E-state index in [0.29, 0.717) is 27.3 Å². The van der Waals surface area contributed by atoms with Gasteiger partial charge in [0.1, 0.15) is 10.4 Å². The number of carbonyl (C=O) groups excluding carboxylic acids is 2. The smallest absolute Gasteiger partial charge is 0.326 e. The highest BCUT2D eigenvalue weighted by Gasteiger charge is 2.32. The topological polar surface area (TPSA) is 105 Å². The highest BCUT2D eigenvalue weighted by molar-refractivity contribution is 8.26. The third-order valence-electron chi connectivity index (χ3n) is 4.26. The van der Waals surface area contributed by atoms with Gasteiger partial charge in [0, 0.05) is 13.0 Å². The van der Waals surface area contributed by atoms with Crippen molar-refractivity contribution >= 4 is 52.2 Å². The number of benzene rings is 1. The standard InChI is InChI=1S/C20H24N2O6S2/c1-4-13(19(25)26)21-17(23)8-9-22-18(24)16(30-20(22)29)11-12-6-7-14(28-5-2)15(10-12)27-3/h6-7,10-11,13H,4-5,8-9H2,1-3H3,(H,21,23)(H,25,26)/b16-11-. The molecular formula is C20H24N2O6S2. The summed E-state index contributed by atoms with van der Waals surface area (Å²) >= 11 is 6.43. The molecule has 1 fully saturated rings. The van der Waals surface area contributed by atoms with E-state index in [1.165, 1.54) is 4.90 Å². The molecule has 2 amide bonds. The second kappa shape index (κ2) is 11.0. The van der Waals surface area contributed by atoms with Gasteiger partial charge in [-0.2, -0.15) is 0 Å². The number of carboxylic acids is 1. The zero-order chi connectivity index (χ0) is 22.3. The van der Waals surface area contributed by atoms with Gasteiger partial charge in [-0.25, -0.2) is 4.79 Å². The summed E-state index contributed by atoms with van der Waals surface area (Å²) in [6.07, 6.45) is 1.94. The minimum Gasteiger partial charge on any atom is -0.493 e. The number of hydrogen-bond acceptors (Lipinski definition) is 7. The predicted molar refractivity (Wildman–Crippen MR) is 119 cm³/mol. The van der Waals surface area contributed by atoms with Crippen LogP contribution in [-0.4, -0.2) is 58.4 Å². The Balaban J connectivity index is 2.05. The van der Waals surface area contributed by atoms with Gasteiger partial charge in [-0.15, -0.1) is 0 Å². The summed E-state index contributed by atoms with van der Waals surface area (Å²) in [4.78, 5) is 37.5. The van der Waals surface area contributed by atoms with Crippen molar-refractivity contribution in [2.75, 3.05) is 20.3 Å². The summed E-state index contributed by atoms with van der Waals surface area (Å²) in [5.41, 5.74) is 0.751. The van der Waals surface area contributed by atoms with Gasteiger partial charge >= 0.3 is 5.97 Å². The summed E-state index contributed by atoms with van der Waals surface area (Å²) in [7, 11) is 1.54. The van der Waals surface area contributed by atoms with Gasteiger partial charge in [0.25, 0.3) is 5.91 Å². The fourth-order valence-electron chi connectivity index (χ4n) is 2.71. The van der Waals surface area contributed by atoms with Gasteiger partial charge < -0.3 is 19.9 Å². The Hall–Kier alpha value is -2.59. The maximum absolute atomic E-state index is 12.7. The van der Waals surface area contributed by atoms with Gasteiger partial charge in [-0.1, -0.05) is 37.0 Å².